The molecule has 9 nitrogen and oxygen atoms in total. The first kappa shape index (κ1) is 30.5. The zero-order valence-corrected chi connectivity index (χ0v) is 25.1. The van der Waals surface area contributed by atoms with Gasteiger partial charge in [-0.2, -0.15) is 0 Å². The van der Waals surface area contributed by atoms with E-state index in [2.05, 4.69) is 45.4 Å². The number of ether oxygens (including phenoxy) is 1. The first-order valence-electron chi connectivity index (χ1n) is 14.7. The molecule has 2 atom stereocenters. The number of carbonyl (C=O) groups is 2. The lowest BCUT2D eigenvalue weighted by Gasteiger charge is -2.38. The summed E-state index contributed by atoms with van der Waals surface area (Å²) in [6, 6.07) is 12.2. The van der Waals surface area contributed by atoms with E-state index in [1.807, 2.05) is 67.5 Å². The Bertz CT molecular complexity index is 1170. The number of aromatic nitrogens is 1. The van der Waals surface area contributed by atoms with E-state index in [1.165, 1.54) is 0 Å². The van der Waals surface area contributed by atoms with Gasteiger partial charge in [0.25, 0.3) is 0 Å². The summed E-state index contributed by atoms with van der Waals surface area (Å²) in [4.78, 5) is 38.6. The highest BCUT2D eigenvalue weighted by molar-refractivity contribution is 5.79. The third-order valence-corrected chi connectivity index (χ3v) is 8.13. The molecule has 2 bridgehead atoms. The number of fused-ring (bicyclic) bond motifs is 3. The highest BCUT2D eigenvalue weighted by atomic mass is 16.5. The number of anilines is 1. The summed E-state index contributed by atoms with van der Waals surface area (Å²) in [6.07, 6.45) is 8.21. The van der Waals surface area contributed by atoms with E-state index in [9.17, 15) is 9.59 Å². The maximum Gasteiger partial charge on any atom is 0.236 e. The smallest absolute Gasteiger partial charge is 0.236 e. The Labute approximate surface area is 245 Å². The average molecular weight is 563 g/mol. The standard InChI is InChI=1S/C32H46N6O3/c1-35(2)17-18-37(4)31(39)21-25-12-16-38-24-26(25)8-7-19-41-30-11-10-29(20-27(30)22-33-23-32(38)40)36(3)15-13-28-9-5-6-14-34-28/h5-11,14,20,25-26,33H,12-13,15-19,21-24H2,1-4H3/t25-,26-/m0/s1. The van der Waals surface area contributed by atoms with Gasteiger partial charge in [0, 0.05) is 89.3 Å². The van der Waals surface area contributed by atoms with E-state index in [1.54, 1.807) is 0 Å². The van der Waals surface area contributed by atoms with Gasteiger partial charge in [0.05, 0.1) is 6.54 Å². The Morgan fingerprint density at radius 3 is 2.73 bits per heavy atom. The molecule has 0 aliphatic carbocycles. The monoisotopic (exact) mass is 562 g/mol. The van der Waals surface area contributed by atoms with E-state index >= 15 is 0 Å². The molecule has 41 heavy (non-hydrogen) atoms. The first-order chi connectivity index (χ1) is 19.8. The van der Waals surface area contributed by atoms with Gasteiger partial charge in [0.1, 0.15) is 12.4 Å². The van der Waals surface area contributed by atoms with Crippen molar-refractivity contribution >= 4 is 17.5 Å². The molecule has 0 spiro atoms. The Hall–Kier alpha value is -3.43. The largest absolute Gasteiger partial charge is 0.489 e. The number of piperidine rings is 1. The molecule has 0 saturated carbocycles. The molecule has 2 amide bonds. The van der Waals surface area contributed by atoms with Crippen LogP contribution in [0.4, 0.5) is 5.69 Å². The number of carbonyl (C=O) groups excluding carboxylic acids is 2. The maximum atomic E-state index is 13.1. The number of pyridine rings is 1. The topological polar surface area (TPSA) is 81.2 Å². The van der Waals surface area contributed by atoms with Crippen molar-refractivity contribution in [2.45, 2.75) is 25.8 Å². The van der Waals surface area contributed by atoms with Crippen LogP contribution in [0.2, 0.25) is 0 Å². The zero-order valence-electron chi connectivity index (χ0n) is 25.1. The summed E-state index contributed by atoms with van der Waals surface area (Å²) in [5, 5.41) is 3.35. The highest BCUT2D eigenvalue weighted by Gasteiger charge is 2.32. The number of amides is 2. The number of benzene rings is 1. The van der Waals surface area contributed by atoms with Crippen LogP contribution in [0.3, 0.4) is 0 Å². The second-order valence-electron chi connectivity index (χ2n) is 11.5. The summed E-state index contributed by atoms with van der Waals surface area (Å²) in [5.41, 5.74) is 3.19. The zero-order chi connectivity index (χ0) is 29.2. The van der Waals surface area contributed by atoms with Crippen molar-refractivity contribution in [1.82, 2.24) is 25.0 Å². The summed E-state index contributed by atoms with van der Waals surface area (Å²) in [5.74, 6) is 1.41. The Morgan fingerprint density at radius 1 is 1.10 bits per heavy atom. The van der Waals surface area contributed by atoms with Crippen LogP contribution in [-0.4, -0.2) is 106 Å². The van der Waals surface area contributed by atoms with Crippen LogP contribution in [-0.2, 0) is 22.6 Å². The lowest BCUT2D eigenvalue weighted by molar-refractivity contribution is -0.134. The van der Waals surface area contributed by atoms with E-state index in [4.69, 9.17) is 4.74 Å². The molecular weight excluding hydrogens is 516 g/mol. The predicted molar refractivity (Wildman–Crippen MR) is 163 cm³/mol. The van der Waals surface area contributed by atoms with Crippen molar-refractivity contribution in [3.63, 3.8) is 0 Å². The molecule has 9 heteroatoms. The Balaban J connectivity index is 1.41. The van der Waals surface area contributed by atoms with Crippen LogP contribution in [0.25, 0.3) is 0 Å². The first-order valence-corrected chi connectivity index (χ1v) is 14.7. The highest BCUT2D eigenvalue weighted by Crippen LogP contribution is 2.29. The van der Waals surface area contributed by atoms with Gasteiger partial charge in [-0.25, -0.2) is 0 Å². The molecule has 1 fully saturated rings. The number of nitrogens with zero attached hydrogens (tertiary/aromatic N) is 5. The molecule has 1 aromatic carbocycles. The van der Waals surface area contributed by atoms with E-state index in [0.29, 0.717) is 39.2 Å². The summed E-state index contributed by atoms with van der Waals surface area (Å²) >= 11 is 0. The molecule has 3 heterocycles. The molecule has 2 aliphatic rings. The molecule has 1 aromatic heterocycles. The fourth-order valence-electron chi connectivity index (χ4n) is 5.41. The van der Waals surface area contributed by atoms with Gasteiger partial charge >= 0.3 is 0 Å². The van der Waals surface area contributed by atoms with Crippen molar-refractivity contribution in [1.29, 1.82) is 0 Å². The van der Waals surface area contributed by atoms with Crippen molar-refractivity contribution in [2.75, 3.05) is 79.0 Å². The number of hydrogen-bond acceptors (Lipinski definition) is 7. The van der Waals surface area contributed by atoms with Crippen LogP contribution < -0.4 is 15.0 Å². The molecule has 1 N–H and O–H groups in total. The van der Waals surface area contributed by atoms with Crippen LogP contribution >= 0.6 is 0 Å². The van der Waals surface area contributed by atoms with Crippen molar-refractivity contribution in [2.24, 2.45) is 11.8 Å². The van der Waals surface area contributed by atoms with Crippen molar-refractivity contribution in [3.8, 4) is 5.75 Å². The molecule has 0 unspecified atom stereocenters. The lowest BCUT2D eigenvalue weighted by Crippen LogP contribution is -2.47. The van der Waals surface area contributed by atoms with E-state index in [-0.39, 0.29) is 30.2 Å². The van der Waals surface area contributed by atoms with Crippen molar-refractivity contribution in [3.05, 3.63) is 66.0 Å². The van der Waals surface area contributed by atoms with Gasteiger partial charge < -0.3 is 29.7 Å². The second kappa shape index (κ2) is 15.0. The van der Waals surface area contributed by atoms with Gasteiger partial charge in [-0.15, -0.1) is 0 Å². The van der Waals surface area contributed by atoms with E-state index < -0.39 is 0 Å². The lowest BCUT2D eigenvalue weighted by atomic mass is 9.82. The molecule has 0 radical (unpaired) electrons. The van der Waals surface area contributed by atoms with E-state index in [0.717, 1.165) is 48.6 Å². The minimum Gasteiger partial charge on any atom is -0.489 e. The van der Waals surface area contributed by atoms with Gasteiger partial charge in [0.15, 0.2) is 0 Å². The fourth-order valence-corrected chi connectivity index (χ4v) is 5.41. The molecule has 2 aromatic rings. The third kappa shape index (κ3) is 9.03. The number of likely N-dealkylation sites (N-methyl/N-ethyl adjacent to an activating group) is 3. The molecule has 222 valence electrons. The number of rotatable bonds is 9. The van der Waals surface area contributed by atoms with Gasteiger partial charge in [0.2, 0.25) is 11.8 Å². The molecular formula is C32H46N6O3. The quantitative estimate of drug-likeness (QED) is 0.471. The van der Waals surface area contributed by atoms with Crippen LogP contribution in [0.5, 0.6) is 5.75 Å². The number of nitrogens with one attached hydrogen (secondary N) is 1. The number of hydrogen-bond donors (Lipinski definition) is 1. The molecule has 1 saturated heterocycles. The van der Waals surface area contributed by atoms with Crippen LogP contribution in [0, 0.1) is 11.8 Å². The third-order valence-electron chi connectivity index (χ3n) is 8.13. The maximum absolute atomic E-state index is 13.1. The SMILES string of the molecule is CN(C)CCN(C)C(=O)C[C@@H]1CCN2C[C@@H]1C=CCOc1ccc(N(C)CCc3ccccn3)cc1CNCC2=O. The molecule has 4 rings (SSSR count). The minimum atomic E-state index is 0.0987. The summed E-state index contributed by atoms with van der Waals surface area (Å²) < 4.78 is 6.20. The van der Waals surface area contributed by atoms with Gasteiger partial charge in [-0.05, 0) is 62.7 Å². The van der Waals surface area contributed by atoms with Gasteiger partial charge in [-0.3, -0.25) is 14.6 Å². The van der Waals surface area contributed by atoms with Gasteiger partial charge in [-0.1, -0.05) is 18.2 Å². The average Bonchev–Trinajstić information content (AvgIpc) is 2.98. The molecule has 2 aliphatic heterocycles. The van der Waals surface area contributed by atoms with Crippen LogP contribution in [0.1, 0.15) is 24.1 Å². The summed E-state index contributed by atoms with van der Waals surface area (Å²) in [7, 11) is 7.99. The Morgan fingerprint density at radius 2 is 1.95 bits per heavy atom. The normalized spacial score (nSPS) is 19.4. The predicted octanol–water partition coefficient (Wildman–Crippen LogP) is 2.67. The second-order valence-corrected chi connectivity index (χ2v) is 11.5. The van der Waals surface area contributed by atoms with Crippen LogP contribution in [0.15, 0.2) is 54.7 Å². The minimum absolute atomic E-state index is 0.0987. The van der Waals surface area contributed by atoms with Crippen molar-refractivity contribution < 1.29 is 14.3 Å². The Kier molecular flexibility index (Phi) is 11.2. The summed E-state index contributed by atoms with van der Waals surface area (Å²) in [6.45, 7) is 4.97. The fraction of sp³-hybridized carbons (Fsp3) is 0.531.